The van der Waals surface area contributed by atoms with Crippen molar-refractivity contribution in [3.8, 4) is 5.75 Å². The lowest BCUT2D eigenvalue weighted by molar-refractivity contribution is 0.104. The Labute approximate surface area is 91.8 Å². The number of nitrogen functional groups attached to an aromatic ring is 1. The van der Waals surface area contributed by atoms with E-state index in [0.717, 1.165) is 16.3 Å². The van der Waals surface area contributed by atoms with Crippen molar-refractivity contribution in [1.82, 2.24) is 0 Å². The van der Waals surface area contributed by atoms with Crippen molar-refractivity contribution in [2.75, 3.05) is 5.73 Å². The number of allylic oxidation sites excluding steroid dienone is 1. The third-order valence-electron chi connectivity index (χ3n) is 2.81. The number of hydrogen-bond acceptors (Lipinski definition) is 3. The van der Waals surface area contributed by atoms with E-state index in [1.807, 2.05) is 0 Å². The van der Waals surface area contributed by atoms with Gasteiger partial charge in [-0.05, 0) is 35.2 Å². The number of anilines is 1. The molecule has 0 unspecified atom stereocenters. The van der Waals surface area contributed by atoms with Crippen molar-refractivity contribution in [2.24, 2.45) is 0 Å². The molecule has 1 aliphatic carbocycles. The molecule has 2 aromatic carbocycles. The van der Waals surface area contributed by atoms with E-state index >= 15 is 0 Å². The SMILES string of the molecule is Nc1cc2c3c(c(O)ccc3c1)C(=O)C=C2. The highest BCUT2D eigenvalue weighted by molar-refractivity contribution is 6.21. The summed E-state index contributed by atoms with van der Waals surface area (Å²) in [5, 5.41) is 11.4. The molecule has 0 atom stereocenters. The molecule has 0 spiro atoms. The molecule has 78 valence electrons. The van der Waals surface area contributed by atoms with Gasteiger partial charge in [0.2, 0.25) is 0 Å². The van der Waals surface area contributed by atoms with Gasteiger partial charge in [-0.15, -0.1) is 0 Å². The highest BCUT2D eigenvalue weighted by Gasteiger charge is 2.18. The number of carbonyl (C=O) groups excluding carboxylic acids is 1. The lowest BCUT2D eigenvalue weighted by atomic mass is 9.91. The van der Waals surface area contributed by atoms with Crippen molar-refractivity contribution < 1.29 is 9.90 Å². The molecule has 0 saturated heterocycles. The van der Waals surface area contributed by atoms with E-state index in [-0.39, 0.29) is 11.5 Å². The van der Waals surface area contributed by atoms with Crippen LogP contribution in [0.1, 0.15) is 15.9 Å². The molecule has 0 aliphatic heterocycles. The van der Waals surface area contributed by atoms with E-state index in [4.69, 9.17) is 5.73 Å². The fourth-order valence-corrected chi connectivity index (χ4v) is 2.14. The van der Waals surface area contributed by atoms with Crippen molar-refractivity contribution in [1.29, 1.82) is 0 Å². The maximum atomic E-state index is 11.7. The third-order valence-corrected chi connectivity index (χ3v) is 2.81. The first-order chi connectivity index (χ1) is 7.66. The second kappa shape index (κ2) is 2.85. The molecule has 3 heteroatoms. The highest BCUT2D eigenvalue weighted by atomic mass is 16.3. The van der Waals surface area contributed by atoms with Crippen molar-refractivity contribution in [3.63, 3.8) is 0 Å². The van der Waals surface area contributed by atoms with Crippen LogP contribution in [0.3, 0.4) is 0 Å². The summed E-state index contributed by atoms with van der Waals surface area (Å²) < 4.78 is 0. The molecule has 0 amide bonds. The zero-order chi connectivity index (χ0) is 11.3. The summed E-state index contributed by atoms with van der Waals surface area (Å²) in [4.78, 5) is 11.7. The summed E-state index contributed by atoms with van der Waals surface area (Å²) in [5.41, 5.74) is 7.66. The Balaban J connectivity index is 2.58. The Morgan fingerprint density at radius 1 is 1.12 bits per heavy atom. The molecule has 0 saturated carbocycles. The van der Waals surface area contributed by atoms with E-state index in [2.05, 4.69) is 0 Å². The Bertz CT molecular complexity index is 657. The van der Waals surface area contributed by atoms with E-state index < -0.39 is 0 Å². The Morgan fingerprint density at radius 2 is 1.94 bits per heavy atom. The van der Waals surface area contributed by atoms with Crippen LogP contribution in [0.4, 0.5) is 5.69 Å². The third kappa shape index (κ3) is 1.05. The molecule has 0 radical (unpaired) electrons. The van der Waals surface area contributed by atoms with Crippen LogP contribution < -0.4 is 5.73 Å². The van der Waals surface area contributed by atoms with Crippen LogP contribution in [0.5, 0.6) is 5.75 Å². The molecule has 0 bridgehead atoms. The van der Waals surface area contributed by atoms with Gasteiger partial charge in [0.15, 0.2) is 5.78 Å². The number of benzene rings is 2. The number of rotatable bonds is 0. The van der Waals surface area contributed by atoms with Crippen molar-refractivity contribution in [3.05, 3.63) is 41.5 Å². The summed E-state index contributed by atoms with van der Waals surface area (Å²) in [5.74, 6) is -0.145. The van der Waals surface area contributed by atoms with Gasteiger partial charge in [0, 0.05) is 11.1 Å². The van der Waals surface area contributed by atoms with Crippen LogP contribution in [0.2, 0.25) is 0 Å². The zero-order valence-corrected chi connectivity index (χ0v) is 8.40. The number of nitrogens with two attached hydrogens (primary N) is 1. The summed E-state index contributed by atoms with van der Waals surface area (Å²) in [7, 11) is 0. The fraction of sp³-hybridized carbons (Fsp3) is 0. The lowest BCUT2D eigenvalue weighted by Crippen LogP contribution is -2.02. The second-order valence-electron chi connectivity index (χ2n) is 3.87. The molecule has 0 aromatic heterocycles. The number of ketones is 1. The molecule has 3 nitrogen and oxygen atoms in total. The van der Waals surface area contributed by atoms with Gasteiger partial charge >= 0.3 is 0 Å². The molecule has 0 heterocycles. The smallest absolute Gasteiger partial charge is 0.190 e. The van der Waals surface area contributed by atoms with Crippen molar-refractivity contribution >= 4 is 28.3 Å². The summed E-state index contributed by atoms with van der Waals surface area (Å²) in [6.45, 7) is 0. The first-order valence-electron chi connectivity index (χ1n) is 4.94. The van der Waals surface area contributed by atoms with Crippen LogP contribution in [-0.2, 0) is 0 Å². The van der Waals surface area contributed by atoms with Crippen LogP contribution >= 0.6 is 0 Å². The number of hydrogen-bond donors (Lipinski definition) is 2. The molecular formula is C13H9NO2. The van der Waals surface area contributed by atoms with Gasteiger partial charge in [0.05, 0.1) is 5.56 Å². The minimum Gasteiger partial charge on any atom is -0.507 e. The Kier molecular flexibility index (Phi) is 1.60. The molecule has 3 rings (SSSR count). The normalized spacial score (nSPS) is 13.4. The first-order valence-corrected chi connectivity index (χ1v) is 4.94. The maximum absolute atomic E-state index is 11.7. The van der Waals surface area contributed by atoms with E-state index in [0.29, 0.717) is 11.3 Å². The average molecular weight is 211 g/mol. The van der Waals surface area contributed by atoms with Gasteiger partial charge in [-0.3, -0.25) is 4.79 Å². The average Bonchev–Trinajstić information content (AvgIpc) is 2.25. The summed E-state index contributed by atoms with van der Waals surface area (Å²) in [6.07, 6.45) is 3.18. The fourth-order valence-electron chi connectivity index (χ4n) is 2.14. The van der Waals surface area contributed by atoms with E-state index in [1.165, 1.54) is 12.1 Å². The molecular weight excluding hydrogens is 202 g/mol. The van der Waals surface area contributed by atoms with Crippen LogP contribution in [-0.4, -0.2) is 10.9 Å². The van der Waals surface area contributed by atoms with Gasteiger partial charge in [-0.25, -0.2) is 0 Å². The van der Waals surface area contributed by atoms with Crippen molar-refractivity contribution in [2.45, 2.75) is 0 Å². The quantitative estimate of drug-likeness (QED) is 0.657. The first kappa shape index (κ1) is 8.97. The largest absolute Gasteiger partial charge is 0.507 e. The summed E-state index contributed by atoms with van der Waals surface area (Å²) >= 11 is 0. The van der Waals surface area contributed by atoms with Gasteiger partial charge in [0.1, 0.15) is 5.75 Å². The molecule has 3 N–H and O–H groups in total. The Hall–Kier alpha value is -2.29. The second-order valence-corrected chi connectivity index (χ2v) is 3.87. The monoisotopic (exact) mass is 211 g/mol. The number of aromatic hydroxyl groups is 1. The minimum absolute atomic E-state index is 0.0212. The van der Waals surface area contributed by atoms with Crippen LogP contribution in [0, 0.1) is 0 Å². The molecule has 16 heavy (non-hydrogen) atoms. The summed E-state index contributed by atoms with van der Waals surface area (Å²) in [6, 6.07) is 6.89. The number of carbonyl (C=O) groups is 1. The molecule has 2 aromatic rings. The Morgan fingerprint density at radius 3 is 2.75 bits per heavy atom. The molecule has 1 aliphatic rings. The number of phenols is 1. The van der Waals surface area contributed by atoms with Gasteiger partial charge in [-0.2, -0.15) is 0 Å². The predicted octanol–water partition coefficient (Wildman–Crippen LogP) is 2.34. The maximum Gasteiger partial charge on any atom is 0.190 e. The minimum atomic E-state index is -0.166. The highest BCUT2D eigenvalue weighted by Crippen LogP contribution is 2.35. The van der Waals surface area contributed by atoms with Crippen LogP contribution in [0.25, 0.3) is 16.8 Å². The van der Waals surface area contributed by atoms with Gasteiger partial charge in [0.25, 0.3) is 0 Å². The van der Waals surface area contributed by atoms with Gasteiger partial charge in [-0.1, -0.05) is 12.1 Å². The standard InChI is InChI=1S/C13H9NO2/c14-9-5-7-1-3-10(15)13-11(16)4-2-8(6-9)12(7)13/h1-6,15H,14H2. The van der Waals surface area contributed by atoms with E-state index in [9.17, 15) is 9.90 Å². The number of phenolic OH excluding ortho intramolecular Hbond substituents is 1. The zero-order valence-electron chi connectivity index (χ0n) is 8.40. The van der Waals surface area contributed by atoms with Gasteiger partial charge < -0.3 is 10.8 Å². The topological polar surface area (TPSA) is 63.3 Å². The van der Waals surface area contributed by atoms with Crippen LogP contribution in [0.15, 0.2) is 30.3 Å². The lowest BCUT2D eigenvalue weighted by Gasteiger charge is -2.13. The van der Waals surface area contributed by atoms with E-state index in [1.54, 1.807) is 24.3 Å². The molecule has 0 fully saturated rings. The predicted molar refractivity (Wildman–Crippen MR) is 63.4 cm³/mol.